The normalized spacial score (nSPS) is 19.2. The van der Waals surface area contributed by atoms with Gasteiger partial charge in [0.05, 0.1) is 31.9 Å². The number of nitrogens with one attached hydrogen (secondary N) is 1. The highest BCUT2D eigenvalue weighted by molar-refractivity contribution is 5.83. The first-order chi connectivity index (χ1) is 14.6. The van der Waals surface area contributed by atoms with Gasteiger partial charge in [-0.3, -0.25) is 4.98 Å². The number of hydrogen-bond donors (Lipinski definition) is 1. The monoisotopic (exact) mass is 414 g/mol. The van der Waals surface area contributed by atoms with Crippen LogP contribution in [0.25, 0.3) is 10.9 Å². The van der Waals surface area contributed by atoms with E-state index in [-0.39, 0.29) is 24.4 Å². The van der Waals surface area contributed by atoms with E-state index in [4.69, 9.17) is 14.2 Å². The third kappa shape index (κ3) is 4.92. The number of methoxy groups -OCH3 is 1. The van der Waals surface area contributed by atoms with Crippen molar-refractivity contribution < 1.29 is 23.0 Å². The van der Waals surface area contributed by atoms with Gasteiger partial charge in [-0.2, -0.15) is 0 Å². The summed E-state index contributed by atoms with van der Waals surface area (Å²) in [5.41, 5.74) is 2.37. The average Bonchev–Trinajstić information content (AvgIpc) is 2.78. The summed E-state index contributed by atoms with van der Waals surface area (Å²) in [5, 5.41) is 4.22. The number of nitrogens with zero attached hydrogens (tertiary/aromatic N) is 1. The first kappa shape index (κ1) is 20.7. The van der Waals surface area contributed by atoms with Crippen molar-refractivity contribution in [2.75, 3.05) is 20.3 Å². The fourth-order valence-electron chi connectivity index (χ4n) is 3.56. The van der Waals surface area contributed by atoms with Crippen LogP contribution in [-0.4, -0.2) is 37.6 Å². The molecule has 2 heterocycles. The number of ether oxygens (including phenoxy) is 3. The first-order valence-corrected chi connectivity index (χ1v) is 9.94. The molecule has 1 saturated heterocycles. The maximum atomic E-state index is 13.7. The van der Waals surface area contributed by atoms with E-state index in [9.17, 15) is 8.78 Å². The Kier molecular flexibility index (Phi) is 6.52. The van der Waals surface area contributed by atoms with Crippen molar-refractivity contribution >= 4 is 10.9 Å². The molecule has 0 spiro atoms. The van der Waals surface area contributed by atoms with Crippen LogP contribution in [-0.2, 0) is 22.4 Å². The number of rotatable bonds is 7. The quantitative estimate of drug-likeness (QED) is 0.634. The molecule has 2 aromatic carbocycles. The Hall–Kier alpha value is -2.61. The molecule has 1 fully saturated rings. The molecule has 0 atom stereocenters. The van der Waals surface area contributed by atoms with Gasteiger partial charge in [-0.05, 0) is 54.4 Å². The predicted molar refractivity (Wildman–Crippen MR) is 109 cm³/mol. The van der Waals surface area contributed by atoms with Crippen LogP contribution in [0.4, 0.5) is 8.78 Å². The number of aromatic nitrogens is 1. The number of hydrogen-bond acceptors (Lipinski definition) is 5. The maximum absolute atomic E-state index is 13.7. The molecule has 30 heavy (non-hydrogen) atoms. The van der Waals surface area contributed by atoms with E-state index < -0.39 is 11.6 Å². The molecule has 0 radical (unpaired) electrons. The summed E-state index contributed by atoms with van der Waals surface area (Å²) < 4.78 is 44.0. The lowest BCUT2D eigenvalue weighted by molar-refractivity contribution is -0.192. The highest BCUT2D eigenvalue weighted by Crippen LogP contribution is 2.24. The van der Waals surface area contributed by atoms with E-state index in [2.05, 4.69) is 10.3 Å². The largest absolute Gasteiger partial charge is 0.497 e. The Morgan fingerprint density at radius 3 is 2.70 bits per heavy atom. The van der Waals surface area contributed by atoms with Crippen molar-refractivity contribution in [3.63, 3.8) is 0 Å². The maximum Gasteiger partial charge on any atom is 0.158 e. The summed E-state index contributed by atoms with van der Waals surface area (Å²) in [6, 6.07) is 11.2. The van der Waals surface area contributed by atoms with Gasteiger partial charge in [-0.25, -0.2) is 8.78 Å². The van der Waals surface area contributed by atoms with E-state index in [0.717, 1.165) is 40.8 Å². The van der Waals surface area contributed by atoms with E-state index in [1.807, 2.05) is 24.3 Å². The van der Waals surface area contributed by atoms with Crippen LogP contribution in [0.3, 0.4) is 0 Å². The topological polar surface area (TPSA) is 52.6 Å². The van der Waals surface area contributed by atoms with Gasteiger partial charge in [0, 0.05) is 30.1 Å². The second kappa shape index (κ2) is 9.47. The van der Waals surface area contributed by atoms with Crippen molar-refractivity contribution in [2.45, 2.75) is 31.7 Å². The zero-order valence-electron chi connectivity index (χ0n) is 16.7. The summed E-state index contributed by atoms with van der Waals surface area (Å²) >= 11 is 0. The van der Waals surface area contributed by atoms with Crippen LogP contribution in [0, 0.1) is 11.6 Å². The zero-order chi connectivity index (χ0) is 20.9. The molecule has 0 unspecified atom stereocenters. The second-order valence-electron chi connectivity index (χ2n) is 7.30. The van der Waals surface area contributed by atoms with Crippen molar-refractivity contribution in [2.24, 2.45) is 0 Å². The van der Waals surface area contributed by atoms with Crippen LogP contribution < -0.4 is 10.1 Å². The molecule has 1 aromatic heterocycles. The predicted octanol–water partition coefficient (Wildman–Crippen LogP) is 3.99. The molecule has 1 N–H and O–H groups in total. The number of benzene rings is 2. The Labute approximate surface area is 174 Å². The van der Waals surface area contributed by atoms with Gasteiger partial charge in [-0.15, -0.1) is 0 Å². The van der Waals surface area contributed by atoms with E-state index in [0.29, 0.717) is 19.6 Å². The average molecular weight is 414 g/mol. The molecule has 1 aliphatic heterocycles. The summed E-state index contributed by atoms with van der Waals surface area (Å²) in [4.78, 5) is 4.40. The number of pyridine rings is 1. The molecule has 4 rings (SSSR count). The smallest absolute Gasteiger partial charge is 0.158 e. The SMILES string of the molecule is COc1ccc2nccc(CC[C@H]3OC[C@H](NCc4cc(F)ccc4F)CO3)c2c1. The van der Waals surface area contributed by atoms with E-state index in [1.54, 1.807) is 13.3 Å². The van der Waals surface area contributed by atoms with Gasteiger partial charge in [-0.1, -0.05) is 0 Å². The number of aryl methyl sites for hydroxylation is 1. The Bertz CT molecular complexity index is 1010. The van der Waals surface area contributed by atoms with Gasteiger partial charge in [0.1, 0.15) is 17.4 Å². The summed E-state index contributed by atoms with van der Waals surface area (Å²) in [5.74, 6) is -0.0862. The van der Waals surface area contributed by atoms with Gasteiger partial charge >= 0.3 is 0 Å². The minimum absolute atomic E-state index is 0.0741. The number of fused-ring (bicyclic) bond motifs is 1. The lowest BCUT2D eigenvalue weighted by Crippen LogP contribution is -2.44. The molecule has 0 aliphatic carbocycles. The van der Waals surface area contributed by atoms with Crippen LogP contribution in [0.1, 0.15) is 17.5 Å². The molecule has 7 heteroatoms. The van der Waals surface area contributed by atoms with Crippen molar-refractivity contribution in [3.8, 4) is 5.75 Å². The van der Waals surface area contributed by atoms with Gasteiger partial charge in [0.2, 0.25) is 0 Å². The minimum Gasteiger partial charge on any atom is -0.497 e. The van der Waals surface area contributed by atoms with Crippen molar-refractivity contribution in [1.29, 1.82) is 0 Å². The third-order valence-electron chi connectivity index (χ3n) is 5.24. The first-order valence-electron chi connectivity index (χ1n) is 9.94. The molecule has 5 nitrogen and oxygen atoms in total. The van der Waals surface area contributed by atoms with Gasteiger partial charge < -0.3 is 19.5 Å². The highest BCUT2D eigenvalue weighted by Gasteiger charge is 2.22. The summed E-state index contributed by atoms with van der Waals surface area (Å²) in [7, 11) is 1.65. The minimum atomic E-state index is -0.453. The fourth-order valence-corrected chi connectivity index (χ4v) is 3.56. The van der Waals surface area contributed by atoms with Crippen LogP contribution in [0.2, 0.25) is 0 Å². The standard InChI is InChI=1S/C23H24F2N2O3/c1-28-19-4-6-22-20(11-19)15(8-9-26-22)2-7-23-29-13-18(14-30-23)27-12-16-10-17(24)3-5-21(16)25/h3-6,8-11,18,23,27H,2,7,12-14H2,1H3/t18-,23-. The molecule has 0 saturated carbocycles. The summed E-state index contributed by atoms with van der Waals surface area (Å²) in [6.07, 6.45) is 2.99. The molecule has 0 amide bonds. The molecule has 1 aliphatic rings. The van der Waals surface area contributed by atoms with Crippen LogP contribution in [0.5, 0.6) is 5.75 Å². The van der Waals surface area contributed by atoms with Crippen molar-refractivity contribution in [3.05, 3.63) is 71.4 Å². The molecular formula is C23H24F2N2O3. The second-order valence-corrected chi connectivity index (χ2v) is 7.30. The van der Waals surface area contributed by atoms with Gasteiger partial charge in [0.25, 0.3) is 0 Å². The van der Waals surface area contributed by atoms with E-state index >= 15 is 0 Å². The third-order valence-corrected chi connectivity index (χ3v) is 5.24. The van der Waals surface area contributed by atoms with Crippen molar-refractivity contribution in [1.82, 2.24) is 10.3 Å². The van der Waals surface area contributed by atoms with E-state index in [1.165, 1.54) is 6.07 Å². The van der Waals surface area contributed by atoms with Crippen LogP contribution in [0.15, 0.2) is 48.7 Å². The summed E-state index contributed by atoms with van der Waals surface area (Å²) in [6.45, 7) is 1.12. The fraction of sp³-hybridized carbons (Fsp3) is 0.348. The molecular weight excluding hydrogens is 390 g/mol. The van der Waals surface area contributed by atoms with Crippen LogP contribution >= 0.6 is 0 Å². The number of halogens is 2. The lowest BCUT2D eigenvalue weighted by atomic mass is 10.0. The molecule has 3 aromatic rings. The Balaban J connectivity index is 1.28. The Morgan fingerprint density at radius 1 is 1.07 bits per heavy atom. The lowest BCUT2D eigenvalue weighted by Gasteiger charge is -2.30. The zero-order valence-corrected chi connectivity index (χ0v) is 16.7. The highest BCUT2D eigenvalue weighted by atomic mass is 19.1. The molecule has 158 valence electrons. The van der Waals surface area contributed by atoms with Gasteiger partial charge in [0.15, 0.2) is 6.29 Å². The Morgan fingerprint density at radius 2 is 1.90 bits per heavy atom. The molecule has 0 bridgehead atoms.